The maximum absolute atomic E-state index is 10.2. The van der Waals surface area contributed by atoms with Crippen molar-refractivity contribution in [1.29, 1.82) is 0 Å². The number of ether oxygens (including phenoxy) is 1. The number of anilines is 2. The molecule has 0 aliphatic carbocycles. The fourth-order valence-corrected chi connectivity index (χ4v) is 2.94. The monoisotopic (exact) mass is 400 g/mol. The number of phenolic OH excluding ortho intramolecular Hbond substituents is 1. The molecule has 3 aromatic rings. The minimum absolute atomic E-state index is 0.0101. The summed E-state index contributed by atoms with van der Waals surface area (Å²) in [4.78, 5) is 13.6. The highest BCUT2D eigenvalue weighted by Gasteiger charge is 2.17. The Bertz CT molecular complexity index is 968. The van der Waals surface area contributed by atoms with Crippen LogP contribution in [0.25, 0.3) is 11.2 Å². The van der Waals surface area contributed by atoms with Gasteiger partial charge in [0, 0.05) is 24.2 Å². The lowest BCUT2D eigenvalue weighted by Crippen LogP contribution is -2.24. The number of aromatic nitrogens is 4. The van der Waals surface area contributed by atoms with E-state index in [1.54, 1.807) is 31.6 Å². The summed E-state index contributed by atoms with van der Waals surface area (Å²) in [6.45, 7) is 6.44. The van der Waals surface area contributed by atoms with Gasteiger partial charge in [0.2, 0.25) is 5.95 Å². The fraction of sp³-hybridized carbons (Fsp3) is 0.450. The van der Waals surface area contributed by atoms with Gasteiger partial charge < -0.3 is 30.2 Å². The smallest absolute Gasteiger partial charge is 0.227 e. The minimum Gasteiger partial charge on any atom is -0.507 e. The molecule has 1 atom stereocenters. The highest BCUT2D eigenvalue weighted by atomic mass is 16.5. The van der Waals surface area contributed by atoms with Crippen LogP contribution in [0.4, 0.5) is 11.8 Å². The van der Waals surface area contributed by atoms with Gasteiger partial charge in [0.25, 0.3) is 0 Å². The van der Waals surface area contributed by atoms with E-state index < -0.39 is 0 Å². The summed E-state index contributed by atoms with van der Waals surface area (Å²) in [5, 5.41) is 26.2. The molecule has 0 spiro atoms. The number of methoxy groups -OCH3 is 1. The number of aromatic hydroxyl groups is 1. The third-order valence-corrected chi connectivity index (χ3v) is 4.76. The van der Waals surface area contributed by atoms with Crippen LogP contribution >= 0.6 is 0 Å². The topological polar surface area (TPSA) is 117 Å². The molecular formula is C20H28N6O3. The standard InChI is InChI=1S/C20H28N6O3/c1-5-14(10-27)23-20-24-18(17-19(25-20)26(11-22-17)12(2)3)21-9-13-6-7-15(29-4)8-16(13)28/h6-8,11-12,14,27-28H,5,9-10H2,1-4H3,(H2,21,23,24,25)/t14-/m1/s1. The minimum atomic E-state index is -0.138. The molecule has 0 saturated heterocycles. The summed E-state index contributed by atoms with van der Waals surface area (Å²) in [5.74, 6) is 1.70. The van der Waals surface area contributed by atoms with E-state index >= 15 is 0 Å². The van der Waals surface area contributed by atoms with E-state index in [1.807, 2.05) is 11.5 Å². The molecule has 2 heterocycles. The first-order valence-electron chi connectivity index (χ1n) is 9.68. The zero-order valence-electron chi connectivity index (χ0n) is 17.2. The molecule has 156 valence electrons. The van der Waals surface area contributed by atoms with Crippen molar-refractivity contribution in [2.24, 2.45) is 0 Å². The predicted octanol–water partition coefficient (Wildman–Crippen LogP) is 2.92. The Hall–Kier alpha value is -3.07. The SMILES string of the molecule is CC[C@H](CO)Nc1nc(NCc2ccc(OC)cc2O)c2ncn(C(C)C)c2n1. The first kappa shape index (κ1) is 20.7. The van der Waals surface area contributed by atoms with Crippen molar-refractivity contribution in [1.82, 2.24) is 19.5 Å². The van der Waals surface area contributed by atoms with Crippen LogP contribution in [0.15, 0.2) is 24.5 Å². The average Bonchev–Trinajstić information content (AvgIpc) is 3.15. The Labute approximate surface area is 169 Å². The van der Waals surface area contributed by atoms with E-state index in [-0.39, 0.29) is 24.4 Å². The molecule has 3 rings (SSSR count). The lowest BCUT2D eigenvalue weighted by Gasteiger charge is -2.16. The number of fused-ring (bicyclic) bond motifs is 1. The van der Waals surface area contributed by atoms with Gasteiger partial charge in [-0.25, -0.2) is 4.98 Å². The second-order valence-corrected chi connectivity index (χ2v) is 7.09. The zero-order chi connectivity index (χ0) is 21.0. The molecule has 0 saturated carbocycles. The van der Waals surface area contributed by atoms with Crippen LogP contribution in [0.2, 0.25) is 0 Å². The number of aliphatic hydroxyl groups excluding tert-OH is 1. The van der Waals surface area contributed by atoms with Crippen LogP contribution in [0.3, 0.4) is 0 Å². The maximum atomic E-state index is 10.2. The van der Waals surface area contributed by atoms with E-state index in [0.717, 1.165) is 6.42 Å². The number of imidazole rings is 1. The first-order valence-corrected chi connectivity index (χ1v) is 9.68. The van der Waals surface area contributed by atoms with Crippen molar-refractivity contribution < 1.29 is 14.9 Å². The van der Waals surface area contributed by atoms with Crippen molar-refractivity contribution in [3.05, 3.63) is 30.1 Å². The van der Waals surface area contributed by atoms with Gasteiger partial charge in [-0.15, -0.1) is 0 Å². The van der Waals surface area contributed by atoms with Gasteiger partial charge in [-0.05, 0) is 32.4 Å². The third-order valence-electron chi connectivity index (χ3n) is 4.76. The van der Waals surface area contributed by atoms with Gasteiger partial charge in [0.05, 0.1) is 26.1 Å². The summed E-state index contributed by atoms with van der Waals surface area (Å²) < 4.78 is 7.10. The average molecular weight is 400 g/mol. The number of nitrogens with one attached hydrogen (secondary N) is 2. The van der Waals surface area contributed by atoms with Gasteiger partial charge in [0.1, 0.15) is 11.5 Å². The number of phenols is 1. The molecule has 9 nitrogen and oxygen atoms in total. The number of aliphatic hydroxyl groups is 1. The van der Waals surface area contributed by atoms with Crippen LogP contribution in [0.1, 0.15) is 38.8 Å². The van der Waals surface area contributed by atoms with Gasteiger partial charge in [-0.2, -0.15) is 9.97 Å². The lowest BCUT2D eigenvalue weighted by molar-refractivity contribution is 0.271. The summed E-state index contributed by atoms with van der Waals surface area (Å²) in [6, 6.07) is 5.20. The first-order chi connectivity index (χ1) is 14.0. The van der Waals surface area contributed by atoms with E-state index in [9.17, 15) is 10.2 Å². The van der Waals surface area contributed by atoms with E-state index in [0.29, 0.717) is 40.8 Å². The van der Waals surface area contributed by atoms with Crippen molar-refractivity contribution >= 4 is 22.9 Å². The van der Waals surface area contributed by atoms with Crippen LogP contribution in [0.5, 0.6) is 11.5 Å². The van der Waals surface area contributed by atoms with Crippen molar-refractivity contribution in [3.63, 3.8) is 0 Å². The molecule has 4 N–H and O–H groups in total. The Morgan fingerprint density at radius 3 is 2.66 bits per heavy atom. The fourth-order valence-electron chi connectivity index (χ4n) is 2.94. The molecule has 9 heteroatoms. The van der Waals surface area contributed by atoms with E-state index in [1.165, 1.54) is 0 Å². The van der Waals surface area contributed by atoms with Crippen molar-refractivity contribution in [2.45, 2.75) is 45.8 Å². The van der Waals surface area contributed by atoms with Crippen LogP contribution < -0.4 is 15.4 Å². The van der Waals surface area contributed by atoms with Gasteiger partial charge in [-0.3, -0.25) is 0 Å². The predicted molar refractivity (Wildman–Crippen MR) is 112 cm³/mol. The Morgan fingerprint density at radius 2 is 2.03 bits per heavy atom. The normalized spacial score (nSPS) is 12.3. The highest BCUT2D eigenvalue weighted by Crippen LogP contribution is 2.27. The molecule has 0 aliphatic heterocycles. The van der Waals surface area contributed by atoms with Crippen LogP contribution in [-0.4, -0.2) is 49.5 Å². The lowest BCUT2D eigenvalue weighted by atomic mass is 10.2. The Morgan fingerprint density at radius 1 is 1.24 bits per heavy atom. The van der Waals surface area contributed by atoms with Crippen LogP contribution in [0, 0.1) is 0 Å². The Kier molecular flexibility index (Phi) is 6.38. The molecule has 0 bridgehead atoms. The van der Waals surface area contributed by atoms with Crippen LogP contribution in [-0.2, 0) is 6.54 Å². The molecule has 1 aromatic carbocycles. The maximum Gasteiger partial charge on any atom is 0.227 e. The number of nitrogens with zero attached hydrogens (tertiary/aromatic N) is 4. The molecule has 0 amide bonds. The largest absolute Gasteiger partial charge is 0.507 e. The molecule has 29 heavy (non-hydrogen) atoms. The van der Waals surface area contributed by atoms with Crippen molar-refractivity contribution in [3.8, 4) is 11.5 Å². The summed E-state index contributed by atoms with van der Waals surface area (Å²) >= 11 is 0. The zero-order valence-corrected chi connectivity index (χ0v) is 17.2. The van der Waals surface area contributed by atoms with Gasteiger partial charge in [0.15, 0.2) is 17.0 Å². The summed E-state index contributed by atoms with van der Waals surface area (Å²) in [7, 11) is 1.56. The van der Waals surface area contributed by atoms with E-state index in [4.69, 9.17) is 4.74 Å². The number of hydrogen-bond donors (Lipinski definition) is 4. The van der Waals surface area contributed by atoms with Gasteiger partial charge in [-0.1, -0.05) is 6.92 Å². The third kappa shape index (κ3) is 4.51. The van der Waals surface area contributed by atoms with Crippen molar-refractivity contribution in [2.75, 3.05) is 24.4 Å². The highest BCUT2D eigenvalue weighted by molar-refractivity contribution is 5.84. The molecule has 2 aromatic heterocycles. The second-order valence-electron chi connectivity index (χ2n) is 7.09. The number of rotatable bonds is 9. The molecule has 0 fully saturated rings. The molecule has 0 unspecified atom stereocenters. The molecular weight excluding hydrogens is 372 g/mol. The number of hydrogen-bond acceptors (Lipinski definition) is 8. The summed E-state index contributed by atoms with van der Waals surface area (Å²) in [5.41, 5.74) is 2.05. The molecule has 0 aliphatic rings. The van der Waals surface area contributed by atoms with E-state index in [2.05, 4.69) is 39.4 Å². The molecule has 0 radical (unpaired) electrons. The quantitative estimate of drug-likeness (QED) is 0.433. The van der Waals surface area contributed by atoms with Gasteiger partial charge >= 0.3 is 0 Å². The number of benzene rings is 1. The Balaban J connectivity index is 1.94. The summed E-state index contributed by atoms with van der Waals surface area (Å²) in [6.07, 6.45) is 2.48. The second kappa shape index (κ2) is 8.95.